The van der Waals surface area contributed by atoms with Crippen molar-refractivity contribution in [1.82, 2.24) is 0 Å². The number of carbonyl (C=O) groups is 1. The topological polar surface area (TPSA) is 61.1 Å². The van der Waals surface area contributed by atoms with Gasteiger partial charge in [0.1, 0.15) is 4.87 Å². The molecule has 0 heterocycles. The lowest BCUT2D eigenvalue weighted by atomic mass is 9.56. The zero-order valence-electron chi connectivity index (χ0n) is 8.46. The van der Waals surface area contributed by atoms with Gasteiger partial charge in [-0.1, -0.05) is 13.0 Å². The summed E-state index contributed by atoms with van der Waals surface area (Å²) in [5.41, 5.74) is -0.384. The first-order valence-electron chi connectivity index (χ1n) is 4.99. The van der Waals surface area contributed by atoms with E-state index >= 15 is 0 Å². The summed E-state index contributed by atoms with van der Waals surface area (Å²) < 4.78 is 0. The normalized spacial score (nSPS) is 43.3. The number of allylic oxidation sites excluding steroid dienone is 1. The van der Waals surface area contributed by atoms with Gasteiger partial charge in [-0.15, -0.1) is 11.6 Å². The minimum absolute atomic E-state index is 0.148. The van der Waals surface area contributed by atoms with Gasteiger partial charge < -0.3 is 5.11 Å². The number of fused-ring (bicyclic) bond motifs is 2. The number of carboxylic acids is 1. The van der Waals surface area contributed by atoms with Crippen LogP contribution in [0.3, 0.4) is 0 Å². The van der Waals surface area contributed by atoms with Crippen LogP contribution in [0.1, 0.15) is 26.2 Å². The lowest BCUT2D eigenvalue weighted by Gasteiger charge is -2.50. The summed E-state index contributed by atoms with van der Waals surface area (Å²) in [4.78, 5) is 10.1. The first-order valence-corrected chi connectivity index (χ1v) is 5.36. The molecule has 3 nitrogen and oxygen atoms in total. The average molecular weight is 226 g/mol. The molecule has 3 rings (SSSR count). The summed E-state index contributed by atoms with van der Waals surface area (Å²) in [6.07, 6.45) is 3.97. The average Bonchev–Trinajstić information content (AvgIpc) is 2.19. The van der Waals surface area contributed by atoms with Gasteiger partial charge in [-0.3, -0.25) is 0 Å². The molecule has 0 spiro atoms. The third-order valence-corrected chi connectivity index (χ3v) is 4.49. The van der Waals surface area contributed by atoms with Crippen LogP contribution in [-0.4, -0.2) is 16.0 Å². The Morgan fingerprint density at radius 2 is 2.47 bits per heavy atom. The fraction of sp³-hybridized carbons (Fsp3) is 0.636. The summed E-state index contributed by atoms with van der Waals surface area (Å²) in [5, 5.41) is 18.3. The molecule has 0 aliphatic heterocycles. The molecule has 1 unspecified atom stereocenters. The van der Waals surface area contributed by atoms with Crippen molar-refractivity contribution in [2.75, 3.05) is 0 Å². The largest absolute Gasteiger partial charge is 0.478 e. The maximum absolute atomic E-state index is 11.1. The Morgan fingerprint density at radius 3 is 3.00 bits per heavy atom. The Hall–Kier alpha value is -1.01. The number of hydrogen-bond acceptors (Lipinski definition) is 2. The van der Waals surface area contributed by atoms with Crippen LogP contribution in [0.15, 0.2) is 11.6 Å². The maximum atomic E-state index is 11.1. The molecule has 0 amide bonds. The van der Waals surface area contributed by atoms with Crippen molar-refractivity contribution < 1.29 is 9.90 Å². The monoisotopic (exact) mass is 225 g/mol. The van der Waals surface area contributed by atoms with Crippen LogP contribution in [0.4, 0.5) is 0 Å². The van der Waals surface area contributed by atoms with E-state index in [9.17, 15) is 4.79 Å². The standard InChI is InChI=1S/C11H12ClNO2/c1-10-3-2-7(4-8(10)9(14)15)5-11(10,12)6-13/h4,7H,2-3,5H2,1H3,(H,14,15)/t7-,10+,11?/m1/s1. The van der Waals surface area contributed by atoms with E-state index in [0.29, 0.717) is 18.4 Å². The molecule has 4 heteroatoms. The van der Waals surface area contributed by atoms with E-state index in [-0.39, 0.29) is 5.92 Å². The Labute approximate surface area is 93.3 Å². The third-order valence-electron chi connectivity index (χ3n) is 3.84. The van der Waals surface area contributed by atoms with Crippen LogP contribution in [0.5, 0.6) is 0 Å². The highest BCUT2D eigenvalue weighted by molar-refractivity contribution is 6.27. The van der Waals surface area contributed by atoms with E-state index in [1.165, 1.54) is 0 Å². The number of rotatable bonds is 1. The van der Waals surface area contributed by atoms with Crippen LogP contribution >= 0.6 is 11.6 Å². The zero-order valence-corrected chi connectivity index (χ0v) is 9.21. The van der Waals surface area contributed by atoms with Gasteiger partial charge >= 0.3 is 5.97 Å². The van der Waals surface area contributed by atoms with Crippen LogP contribution in [0.2, 0.25) is 0 Å². The molecule has 3 atom stereocenters. The molecule has 3 aliphatic rings. The molecular weight excluding hydrogens is 214 g/mol. The Balaban J connectivity index is 2.55. The Bertz CT molecular complexity index is 398. The molecule has 1 fully saturated rings. The molecule has 1 N–H and O–H groups in total. The summed E-state index contributed by atoms with van der Waals surface area (Å²) in [6.45, 7) is 1.79. The molecule has 0 saturated heterocycles. The summed E-state index contributed by atoms with van der Waals surface area (Å²) in [6, 6.07) is 2.10. The summed E-state index contributed by atoms with van der Waals surface area (Å²) in [7, 11) is 0. The fourth-order valence-corrected chi connectivity index (χ4v) is 3.14. The number of hydrogen-bond donors (Lipinski definition) is 1. The number of aliphatic carboxylic acids is 1. The second-order valence-corrected chi connectivity index (χ2v) is 5.28. The highest BCUT2D eigenvalue weighted by Gasteiger charge is 2.58. The SMILES string of the molecule is C[C@]12CC[C@H](C=C1C(=O)O)CC2(Cl)C#N. The molecule has 1 saturated carbocycles. The van der Waals surface area contributed by atoms with E-state index in [1.807, 2.05) is 0 Å². The highest BCUT2D eigenvalue weighted by atomic mass is 35.5. The summed E-state index contributed by atoms with van der Waals surface area (Å²) in [5.74, 6) is -0.794. The first-order chi connectivity index (χ1) is 6.93. The predicted octanol–water partition coefficient (Wildman–Crippen LogP) is 2.32. The number of nitriles is 1. The molecule has 0 radical (unpaired) electrons. The minimum Gasteiger partial charge on any atom is -0.478 e. The number of alkyl halides is 1. The number of carboxylic acid groups (broad SMARTS) is 1. The second kappa shape index (κ2) is 2.99. The van der Waals surface area contributed by atoms with Crippen LogP contribution in [0, 0.1) is 22.7 Å². The van der Waals surface area contributed by atoms with Crippen LogP contribution in [0.25, 0.3) is 0 Å². The van der Waals surface area contributed by atoms with E-state index < -0.39 is 16.3 Å². The van der Waals surface area contributed by atoms with Gasteiger partial charge in [-0.2, -0.15) is 5.26 Å². The van der Waals surface area contributed by atoms with E-state index in [4.69, 9.17) is 22.0 Å². The molecule has 0 aromatic carbocycles. The van der Waals surface area contributed by atoms with Crippen LogP contribution < -0.4 is 0 Å². The Kier molecular flexibility index (Phi) is 2.09. The minimum atomic E-state index is -1.04. The predicted molar refractivity (Wildman–Crippen MR) is 55.4 cm³/mol. The van der Waals surface area contributed by atoms with Crippen molar-refractivity contribution in [3.63, 3.8) is 0 Å². The molecular formula is C11H12ClNO2. The molecule has 3 aliphatic carbocycles. The van der Waals surface area contributed by atoms with Crippen molar-refractivity contribution in [1.29, 1.82) is 5.26 Å². The lowest BCUT2D eigenvalue weighted by molar-refractivity contribution is -0.134. The lowest BCUT2D eigenvalue weighted by Crippen LogP contribution is -2.51. The first kappa shape index (κ1) is 10.5. The van der Waals surface area contributed by atoms with E-state index in [1.54, 1.807) is 13.0 Å². The van der Waals surface area contributed by atoms with Crippen molar-refractivity contribution in [2.24, 2.45) is 11.3 Å². The van der Waals surface area contributed by atoms with Crippen molar-refractivity contribution in [2.45, 2.75) is 31.1 Å². The van der Waals surface area contributed by atoms with Gasteiger partial charge in [0.05, 0.1) is 6.07 Å². The zero-order chi connectivity index (χ0) is 11.3. The maximum Gasteiger partial charge on any atom is 0.331 e. The van der Waals surface area contributed by atoms with Crippen molar-refractivity contribution in [3.05, 3.63) is 11.6 Å². The van der Waals surface area contributed by atoms with Gasteiger partial charge in [0.25, 0.3) is 0 Å². The highest BCUT2D eigenvalue weighted by Crippen LogP contribution is 2.58. The fourth-order valence-electron chi connectivity index (χ4n) is 2.75. The molecule has 0 aromatic rings. The second-order valence-electron chi connectivity index (χ2n) is 4.63. The third kappa shape index (κ3) is 1.21. The molecule has 0 aromatic heterocycles. The molecule has 15 heavy (non-hydrogen) atoms. The van der Waals surface area contributed by atoms with Crippen molar-refractivity contribution >= 4 is 17.6 Å². The summed E-state index contributed by atoms with van der Waals surface area (Å²) >= 11 is 6.27. The van der Waals surface area contributed by atoms with Gasteiger partial charge in [-0.25, -0.2) is 4.79 Å². The Morgan fingerprint density at radius 1 is 1.80 bits per heavy atom. The molecule has 80 valence electrons. The van der Waals surface area contributed by atoms with Crippen molar-refractivity contribution in [3.8, 4) is 6.07 Å². The van der Waals surface area contributed by atoms with Gasteiger partial charge in [0.2, 0.25) is 0 Å². The van der Waals surface area contributed by atoms with Gasteiger partial charge in [0.15, 0.2) is 0 Å². The van der Waals surface area contributed by atoms with E-state index in [2.05, 4.69) is 6.07 Å². The molecule has 2 bridgehead atoms. The van der Waals surface area contributed by atoms with Crippen LogP contribution in [-0.2, 0) is 4.79 Å². The van der Waals surface area contributed by atoms with Gasteiger partial charge in [0, 0.05) is 11.0 Å². The van der Waals surface area contributed by atoms with Gasteiger partial charge in [-0.05, 0) is 25.2 Å². The number of halogens is 1. The quantitative estimate of drug-likeness (QED) is 0.697. The number of nitrogens with zero attached hydrogens (tertiary/aromatic N) is 1. The smallest absolute Gasteiger partial charge is 0.331 e. The van der Waals surface area contributed by atoms with E-state index in [0.717, 1.165) is 6.42 Å².